The molecule has 0 aliphatic carbocycles. The zero-order valence-electron chi connectivity index (χ0n) is 17.1. The van der Waals surface area contributed by atoms with Crippen molar-refractivity contribution in [3.63, 3.8) is 0 Å². The van der Waals surface area contributed by atoms with E-state index in [-0.39, 0.29) is 43.7 Å². The number of hydrogen-bond acceptors (Lipinski definition) is 7. The summed E-state index contributed by atoms with van der Waals surface area (Å²) in [6, 6.07) is 6.75. The van der Waals surface area contributed by atoms with Gasteiger partial charge in [0.2, 0.25) is 12.7 Å². The zero-order chi connectivity index (χ0) is 23.0. The molecule has 170 valence electrons. The molecule has 8 nitrogen and oxygen atoms in total. The van der Waals surface area contributed by atoms with Crippen molar-refractivity contribution in [2.75, 3.05) is 18.2 Å². The smallest absolute Gasteiger partial charge is 0.425 e. The number of rotatable bonds is 2. The highest BCUT2D eigenvalue weighted by molar-refractivity contribution is 6.14. The van der Waals surface area contributed by atoms with E-state index in [4.69, 9.17) is 19.9 Å². The summed E-state index contributed by atoms with van der Waals surface area (Å²) in [5, 5.41) is 0. The molecule has 1 aromatic carbocycles. The minimum Gasteiger partial charge on any atom is -0.483 e. The average molecular weight is 458 g/mol. The predicted molar refractivity (Wildman–Crippen MR) is 109 cm³/mol. The molecule has 2 N–H and O–H groups in total. The van der Waals surface area contributed by atoms with Crippen LogP contribution in [-0.4, -0.2) is 42.3 Å². The van der Waals surface area contributed by atoms with E-state index in [9.17, 15) is 18.0 Å². The number of fused-ring (bicyclic) bond motifs is 5. The largest absolute Gasteiger partial charge is 0.483 e. The number of pyridine rings is 1. The van der Waals surface area contributed by atoms with E-state index in [1.807, 2.05) is 0 Å². The number of nitrogens with zero attached hydrogens (tertiary/aromatic N) is 3. The summed E-state index contributed by atoms with van der Waals surface area (Å²) in [6.45, 7) is -0.103. The molecule has 0 saturated carbocycles. The van der Waals surface area contributed by atoms with Gasteiger partial charge in [0.1, 0.15) is 17.0 Å². The Balaban J connectivity index is 1.44. The SMILES string of the molecule is NC1=Nc2cc3c(cc2C2(C1)C(=O)N(CC1=CCC(C(F)(F)F)O1)c1cccnc12)OCO3. The molecule has 5 heterocycles. The Morgan fingerprint density at radius 1 is 1.24 bits per heavy atom. The number of benzene rings is 1. The molecule has 1 amide bonds. The van der Waals surface area contributed by atoms with Crippen LogP contribution in [0.25, 0.3) is 0 Å². The van der Waals surface area contributed by atoms with Crippen LogP contribution in [0.5, 0.6) is 11.5 Å². The fourth-order valence-electron chi connectivity index (χ4n) is 4.85. The average Bonchev–Trinajstić information content (AvgIpc) is 3.48. The van der Waals surface area contributed by atoms with Gasteiger partial charge in [0.25, 0.3) is 0 Å². The van der Waals surface area contributed by atoms with Crippen LogP contribution in [0.3, 0.4) is 0 Å². The van der Waals surface area contributed by atoms with Crippen molar-refractivity contribution in [1.29, 1.82) is 0 Å². The molecule has 2 unspecified atom stereocenters. The lowest BCUT2D eigenvalue weighted by Gasteiger charge is -2.32. The summed E-state index contributed by atoms with van der Waals surface area (Å²) >= 11 is 0. The molecule has 0 bridgehead atoms. The summed E-state index contributed by atoms with van der Waals surface area (Å²) < 4.78 is 55.3. The number of nitrogens with two attached hydrogens (primary N) is 1. The van der Waals surface area contributed by atoms with E-state index < -0.39 is 17.7 Å². The Morgan fingerprint density at radius 2 is 2.03 bits per heavy atom. The third-order valence-electron chi connectivity index (χ3n) is 6.29. The minimum absolute atomic E-state index is 0.0468. The monoisotopic (exact) mass is 458 g/mol. The second-order valence-corrected chi connectivity index (χ2v) is 8.22. The van der Waals surface area contributed by atoms with Crippen LogP contribution in [0, 0.1) is 0 Å². The van der Waals surface area contributed by atoms with Gasteiger partial charge in [-0.3, -0.25) is 9.78 Å². The lowest BCUT2D eigenvalue weighted by Crippen LogP contribution is -2.46. The van der Waals surface area contributed by atoms with Crippen molar-refractivity contribution in [3.05, 3.63) is 53.6 Å². The highest BCUT2D eigenvalue weighted by atomic mass is 19.4. The number of carbonyl (C=O) groups is 1. The maximum absolute atomic E-state index is 14.0. The summed E-state index contributed by atoms with van der Waals surface area (Å²) in [5.74, 6) is 0.924. The maximum Gasteiger partial charge on any atom is 0.425 e. The van der Waals surface area contributed by atoms with Crippen molar-refractivity contribution in [2.45, 2.75) is 30.5 Å². The summed E-state index contributed by atoms with van der Waals surface area (Å²) in [6.07, 6.45) is -3.68. The minimum atomic E-state index is -4.48. The normalized spacial score (nSPS) is 25.0. The molecule has 0 radical (unpaired) electrons. The van der Waals surface area contributed by atoms with Crippen LogP contribution >= 0.6 is 0 Å². The molecular weight excluding hydrogens is 441 g/mol. The van der Waals surface area contributed by atoms with Gasteiger partial charge in [-0.05, 0) is 24.3 Å². The Labute approximate surface area is 185 Å². The highest BCUT2D eigenvalue weighted by Crippen LogP contribution is 2.54. The van der Waals surface area contributed by atoms with Crippen LogP contribution in [-0.2, 0) is 14.9 Å². The molecule has 1 spiro atoms. The fraction of sp³-hybridized carbons (Fsp3) is 0.318. The second-order valence-electron chi connectivity index (χ2n) is 8.22. The van der Waals surface area contributed by atoms with Gasteiger partial charge in [0, 0.05) is 30.7 Å². The first-order valence-electron chi connectivity index (χ1n) is 10.2. The van der Waals surface area contributed by atoms with Gasteiger partial charge in [0.15, 0.2) is 17.6 Å². The van der Waals surface area contributed by atoms with E-state index >= 15 is 0 Å². The standard InChI is InChI=1S/C22H17F3N4O4/c23-22(24,25)17-4-3-11(33-17)9-29-14-2-1-5-27-19(14)21(20(29)30)8-18(26)28-13-7-16-15(6-12(13)21)31-10-32-16/h1-3,5-7,17H,4,8-10H2,(H2,26,28). The summed E-state index contributed by atoms with van der Waals surface area (Å²) in [5.41, 5.74) is 6.84. The highest BCUT2D eigenvalue weighted by Gasteiger charge is 2.57. The topological polar surface area (TPSA) is 99.3 Å². The van der Waals surface area contributed by atoms with E-state index in [1.54, 1.807) is 30.5 Å². The van der Waals surface area contributed by atoms with Crippen molar-refractivity contribution in [3.8, 4) is 11.5 Å². The van der Waals surface area contributed by atoms with E-state index in [0.717, 1.165) is 0 Å². The Morgan fingerprint density at radius 3 is 2.79 bits per heavy atom. The lowest BCUT2D eigenvalue weighted by atomic mass is 9.72. The predicted octanol–water partition coefficient (Wildman–Crippen LogP) is 3.07. The summed E-state index contributed by atoms with van der Waals surface area (Å²) in [7, 11) is 0. The molecule has 2 aromatic rings. The first-order valence-corrected chi connectivity index (χ1v) is 10.2. The third kappa shape index (κ3) is 2.81. The second kappa shape index (κ2) is 6.63. The van der Waals surface area contributed by atoms with Gasteiger partial charge in [-0.1, -0.05) is 0 Å². The number of aliphatic imine (C=N–C) groups is 1. The molecule has 33 heavy (non-hydrogen) atoms. The number of ether oxygens (including phenoxy) is 3. The molecule has 11 heteroatoms. The Kier molecular flexibility index (Phi) is 3.99. The molecule has 0 saturated heterocycles. The number of carbonyl (C=O) groups excluding carboxylic acids is 1. The first kappa shape index (κ1) is 19.9. The van der Waals surface area contributed by atoms with E-state index in [1.165, 1.54) is 11.0 Å². The van der Waals surface area contributed by atoms with Crippen molar-refractivity contribution in [1.82, 2.24) is 4.98 Å². The van der Waals surface area contributed by atoms with Crippen LogP contribution in [0.4, 0.5) is 24.5 Å². The number of aromatic nitrogens is 1. The van der Waals surface area contributed by atoms with Crippen molar-refractivity contribution in [2.24, 2.45) is 10.7 Å². The maximum atomic E-state index is 14.0. The van der Waals surface area contributed by atoms with Gasteiger partial charge in [-0.2, -0.15) is 13.2 Å². The van der Waals surface area contributed by atoms with Gasteiger partial charge >= 0.3 is 6.18 Å². The van der Waals surface area contributed by atoms with Crippen LogP contribution in [0.1, 0.15) is 24.1 Å². The van der Waals surface area contributed by atoms with Crippen LogP contribution in [0.2, 0.25) is 0 Å². The number of halogens is 3. The summed E-state index contributed by atoms with van der Waals surface area (Å²) in [4.78, 5) is 24.3. The molecule has 6 rings (SSSR count). The number of alkyl halides is 3. The van der Waals surface area contributed by atoms with Crippen molar-refractivity contribution >= 4 is 23.1 Å². The van der Waals surface area contributed by atoms with Gasteiger partial charge in [-0.15, -0.1) is 0 Å². The lowest BCUT2D eigenvalue weighted by molar-refractivity contribution is -0.202. The fourth-order valence-corrected chi connectivity index (χ4v) is 4.85. The Bertz CT molecular complexity index is 1260. The molecule has 1 aromatic heterocycles. The number of amidine groups is 1. The van der Waals surface area contributed by atoms with E-state index in [0.29, 0.717) is 34.1 Å². The van der Waals surface area contributed by atoms with Crippen LogP contribution in [0.15, 0.2) is 47.3 Å². The molecule has 2 atom stereocenters. The Hall–Kier alpha value is -3.76. The molecule has 0 fully saturated rings. The van der Waals surface area contributed by atoms with Crippen molar-refractivity contribution < 1.29 is 32.2 Å². The number of anilines is 1. The zero-order valence-corrected chi connectivity index (χ0v) is 17.1. The molecule has 4 aliphatic rings. The van der Waals surface area contributed by atoms with Gasteiger partial charge < -0.3 is 24.8 Å². The molecular formula is C22H17F3N4O4. The third-order valence-corrected chi connectivity index (χ3v) is 6.29. The first-order chi connectivity index (χ1) is 15.8. The van der Waals surface area contributed by atoms with E-state index in [2.05, 4.69) is 9.98 Å². The van der Waals surface area contributed by atoms with Gasteiger partial charge in [-0.25, -0.2) is 4.99 Å². The quantitative estimate of drug-likeness (QED) is 0.743. The number of amides is 1. The number of hydrogen-bond donors (Lipinski definition) is 1. The van der Waals surface area contributed by atoms with Gasteiger partial charge in [0.05, 0.1) is 23.6 Å². The molecule has 4 aliphatic heterocycles. The van der Waals surface area contributed by atoms with Crippen LogP contribution < -0.4 is 20.1 Å².